The van der Waals surface area contributed by atoms with E-state index in [2.05, 4.69) is 25.2 Å². The molecule has 0 saturated heterocycles. The number of rotatable bonds is 5. The fourth-order valence-electron chi connectivity index (χ4n) is 5.01. The zero-order valence-electron chi connectivity index (χ0n) is 18.9. The number of nitrogens with one attached hydrogen (secondary N) is 1. The van der Waals surface area contributed by atoms with Crippen molar-refractivity contribution in [3.8, 4) is 5.75 Å². The van der Waals surface area contributed by atoms with Crippen LogP contribution < -0.4 is 10.1 Å². The summed E-state index contributed by atoms with van der Waals surface area (Å²) >= 11 is 0. The summed E-state index contributed by atoms with van der Waals surface area (Å²) in [4.78, 5) is 27.9. The number of hydrogen-bond donors (Lipinski definition) is 1. The fourth-order valence-corrected chi connectivity index (χ4v) is 5.01. The number of fused-ring (bicyclic) bond motifs is 1. The van der Waals surface area contributed by atoms with Crippen LogP contribution in [0.5, 0.6) is 5.75 Å². The minimum atomic E-state index is -0.0187. The van der Waals surface area contributed by atoms with Crippen molar-refractivity contribution in [2.45, 2.75) is 65.0 Å². The lowest BCUT2D eigenvalue weighted by Gasteiger charge is -2.34. The average Bonchev–Trinajstić information content (AvgIpc) is 3.11. The van der Waals surface area contributed by atoms with Crippen LogP contribution in [0.1, 0.15) is 72.5 Å². The van der Waals surface area contributed by atoms with Crippen LogP contribution in [0.3, 0.4) is 0 Å². The molecule has 164 valence electrons. The van der Waals surface area contributed by atoms with E-state index in [4.69, 9.17) is 4.74 Å². The van der Waals surface area contributed by atoms with Crippen LogP contribution in [0.2, 0.25) is 0 Å². The quantitative estimate of drug-likeness (QED) is 0.716. The highest BCUT2D eigenvalue weighted by Gasteiger charge is 2.37. The molecule has 0 radical (unpaired) electrons. The summed E-state index contributed by atoms with van der Waals surface area (Å²) in [7, 11) is 1.64. The summed E-state index contributed by atoms with van der Waals surface area (Å²) in [5.74, 6) is 1.37. The molecule has 0 unspecified atom stereocenters. The van der Waals surface area contributed by atoms with Gasteiger partial charge in [0.15, 0.2) is 0 Å². The van der Waals surface area contributed by atoms with E-state index >= 15 is 0 Å². The van der Waals surface area contributed by atoms with Gasteiger partial charge in [0.25, 0.3) is 5.91 Å². The summed E-state index contributed by atoms with van der Waals surface area (Å²) in [5, 5.41) is 3.04. The summed E-state index contributed by atoms with van der Waals surface area (Å²) < 4.78 is 5.35. The monoisotopic (exact) mass is 420 g/mol. The highest BCUT2D eigenvalue weighted by atomic mass is 16.5. The van der Waals surface area contributed by atoms with Crippen molar-refractivity contribution in [2.75, 3.05) is 12.4 Å². The molecular formula is C26H32N2O3. The first-order valence-electron chi connectivity index (χ1n) is 11.3. The van der Waals surface area contributed by atoms with E-state index in [0.29, 0.717) is 12.5 Å². The normalized spacial score (nSPS) is 20.7. The van der Waals surface area contributed by atoms with Crippen molar-refractivity contribution >= 4 is 17.5 Å². The number of carbonyl (C=O) groups excluding carboxylic acids is 2. The predicted octanol–water partition coefficient (Wildman–Crippen LogP) is 5.28. The van der Waals surface area contributed by atoms with E-state index in [9.17, 15) is 9.59 Å². The summed E-state index contributed by atoms with van der Waals surface area (Å²) in [6.07, 6.45) is 3.34. The third-order valence-electron chi connectivity index (χ3n) is 6.84. The maximum absolute atomic E-state index is 13.1. The molecule has 5 nitrogen and oxygen atoms in total. The van der Waals surface area contributed by atoms with Crippen molar-refractivity contribution < 1.29 is 14.3 Å². The molecule has 1 aliphatic carbocycles. The Morgan fingerprint density at radius 3 is 2.55 bits per heavy atom. The Balaban J connectivity index is 1.37. The number of aryl methyl sites for hydroxylation is 1. The van der Waals surface area contributed by atoms with Gasteiger partial charge in [-0.2, -0.15) is 0 Å². The number of hydrogen-bond acceptors (Lipinski definition) is 3. The van der Waals surface area contributed by atoms with Crippen molar-refractivity contribution in [1.82, 2.24) is 4.90 Å². The van der Waals surface area contributed by atoms with Gasteiger partial charge in [0.2, 0.25) is 5.91 Å². The zero-order chi connectivity index (χ0) is 22.1. The Morgan fingerprint density at radius 1 is 1.13 bits per heavy atom. The van der Waals surface area contributed by atoms with Gasteiger partial charge in [0.05, 0.1) is 7.11 Å². The van der Waals surface area contributed by atoms with Crippen LogP contribution in [0.15, 0.2) is 36.4 Å². The molecule has 2 aromatic rings. The second-order valence-corrected chi connectivity index (χ2v) is 9.14. The minimum Gasteiger partial charge on any atom is -0.496 e. The minimum absolute atomic E-state index is 0.0187. The van der Waals surface area contributed by atoms with Crippen LogP contribution in [0, 0.1) is 12.8 Å². The van der Waals surface area contributed by atoms with Gasteiger partial charge in [0, 0.05) is 35.8 Å². The van der Waals surface area contributed by atoms with Crippen LogP contribution in [-0.2, 0) is 11.3 Å². The first-order valence-corrected chi connectivity index (χ1v) is 11.3. The van der Waals surface area contributed by atoms with E-state index < -0.39 is 0 Å². The second-order valence-electron chi connectivity index (χ2n) is 9.14. The van der Waals surface area contributed by atoms with Crippen molar-refractivity contribution in [1.29, 1.82) is 0 Å². The number of amides is 2. The van der Waals surface area contributed by atoms with Crippen LogP contribution in [0.4, 0.5) is 5.69 Å². The molecule has 2 aromatic carbocycles. The third kappa shape index (κ3) is 4.18. The first-order chi connectivity index (χ1) is 14.9. The molecule has 1 saturated carbocycles. The van der Waals surface area contributed by atoms with Crippen LogP contribution in [0.25, 0.3) is 0 Å². The van der Waals surface area contributed by atoms with E-state index in [-0.39, 0.29) is 23.8 Å². The molecule has 0 aromatic heterocycles. The standard InChI is InChI=1S/C26H32N2O3/c1-16(2)21-6-5-7-22-23(21)15-28(26(22)30)20-12-9-18(10-13-20)25(29)27-19-11-8-17(3)24(14-19)31-4/h5-8,11,14,16,18,20H,9-10,12-13,15H2,1-4H3,(H,27,29). The Hall–Kier alpha value is -2.82. The van der Waals surface area contributed by atoms with Gasteiger partial charge in [0.1, 0.15) is 5.75 Å². The maximum atomic E-state index is 13.1. The maximum Gasteiger partial charge on any atom is 0.254 e. The lowest BCUT2D eigenvalue weighted by molar-refractivity contribution is -0.121. The molecule has 31 heavy (non-hydrogen) atoms. The van der Waals surface area contributed by atoms with Gasteiger partial charge in [-0.15, -0.1) is 0 Å². The third-order valence-corrected chi connectivity index (χ3v) is 6.84. The topological polar surface area (TPSA) is 58.6 Å². The molecule has 4 rings (SSSR count). The SMILES string of the molecule is COc1cc(NC(=O)C2CCC(N3Cc4c(cccc4C(C)C)C3=O)CC2)ccc1C. The Kier molecular flexibility index (Phi) is 6.03. The molecule has 2 amide bonds. The lowest BCUT2D eigenvalue weighted by Crippen LogP contribution is -2.40. The molecule has 5 heteroatoms. The van der Waals surface area contributed by atoms with E-state index in [1.54, 1.807) is 7.11 Å². The van der Waals surface area contributed by atoms with Gasteiger partial charge >= 0.3 is 0 Å². The molecule has 0 atom stereocenters. The van der Waals surface area contributed by atoms with Gasteiger partial charge in [-0.05, 0) is 67.3 Å². The van der Waals surface area contributed by atoms with Gasteiger partial charge in [-0.1, -0.05) is 32.0 Å². The van der Waals surface area contributed by atoms with Crippen molar-refractivity contribution in [3.63, 3.8) is 0 Å². The van der Waals surface area contributed by atoms with Crippen LogP contribution >= 0.6 is 0 Å². The highest BCUT2D eigenvalue weighted by molar-refractivity contribution is 5.99. The fraction of sp³-hybridized carbons (Fsp3) is 0.462. The molecular weight excluding hydrogens is 388 g/mol. The predicted molar refractivity (Wildman–Crippen MR) is 123 cm³/mol. The zero-order valence-corrected chi connectivity index (χ0v) is 18.9. The molecule has 0 bridgehead atoms. The van der Waals surface area contributed by atoms with Crippen LogP contribution in [-0.4, -0.2) is 29.9 Å². The Labute approximate surface area is 184 Å². The van der Waals surface area contributed by atoms with Gasteiger partial charge in [-0.3, -0.25) is 9.59 Å². The first kappa shape index (κ1) is 21.4. The Bertz CT molecular complexity index is 990. The number of nitrogens with zero attached hydrogens (tertiary/aromatic N) is 1. The van der Waals surface area contributed by atoms with Crippen molar-refractivity contribution in [2.24, 2.45) is 5.92 Å². The second kappa shape index (κ2) is 8.74. The number of anilines is 1. The number of ether oxygens (including phenoxy) is 1. The van der Waals surface area contributed by atoms with Gasteiger partial charge in [-0.25, -0.2) is 0 Å². The summed E-state index contributed by atoms with van der Waals surface area (Å²) in [6, 6.07) is 12.0. The van der Waals surface area contributed by atoms with Gasteiger partial charge < -0.3 is 15.0 Å². The number of carbonyl (C=O) groups is 2. The summed E-state index contributed by atoms with van der Waals surface area (Å²) in [5.41, 5.74) is 5.13. The largest absolute Gasteiger partial charge is 0.496 e. The molecule has 1 aliphatic heterocycles. The molecule has 1 heterocycles. The number of methoxy groups -OCH3 is 1. The molecule has 0 spiro atoms. The van der Waals surface area contributed by atoms with Crippen molar-refractivity contribution in [3.05, 3.63) is 58.7 Å². The molecule has 1 fully saturated rings. The van der Waals surface area contributed by atoms with E-state index in [1.807, 2.05) is 42.2 Å². The highest BCUT2D eigenvalue weighted by Crippen LogP contribution is 2.36. The summed E-state index contributed by atoms with van der Waals surface area (Å²) in [6.45, 7) is 7.04. The smallest absolute Gasteiger partial charge is 0.254 e. The average molecular weight is 421 g/mol. The Morgan fingerprint density at radius 2 is 1.87 bits per heavy atom. The number of benzene rings is 2. The lowest BCUT2D eigenvalue weighted by atomic mass is 9.84. The van der Waals surface area contributed by atoms with E-state index in [1.165, 1.54) is 11.1 Å². The molecule has 2 aliphatic rings. The van der Waals surface area contributed by atoms with E-state index in [0.717, 1.165) is 48.2 Å². The molecule has 1 N–H and O–H groups in total.